The van der Waals surface area contributed by atoms with Gasteiger partial charge in [-0.05, 0) is 37.9 Å². The average molecular weight is 276 g/mol. The average Bonchev–Trinajstić information content (AvgIpc) is 2.32. The number of hydrogen-bond donors (Lipinski definition) is 0. The minimum atomic E-state index is 0.931. The summed E-state index contributed by atoms with van der Waals surface area (Å²) in [6.07, 6.45) is 0. The molecule has 2 aromatic rings. The molecule has 0 amide bonds. The first-order valence-corrected chi connectivity index (χ1v) is 5.75. The lowest BCUT2D eigenvalue weighted by molar-refractivity contribution is 1.44. The van der Waals surface area contributed by atoms with Crippen LogP contribution in [0.3, 0.4) is 0 Å². The van der Waals surface area contributed by atoms with Gasteiger partial charge in [0.05, 0.1) is 5.69 Å². The summed E-state index contributed by atoms with van der Waals surface area (Å²) in [5.41, 5.74) is 2.18. The van der Waals surface area contributed by atoms with E-state index in [-0.39, 0.29) is 0 Å². The van der Waals surface area contributed by atoms with E-state index in [4.69, 9.17) is 0 Å². The van der Waals surface area contributed by atoms with Crippen LogP contribution in [0.25, 0.3) is 0 Å². The van der Waals surface area contributed by atoms with Crippen LogP contribution in [0.1, 0.15) is 5.56 Å². The Hall–Kier alpha value is -1.41. The van der Waals surface area contributed by atoms with Crippen molar-refractivity contribution >= 4 is 28.3 Å². The van der Waals surface area contributed by atoms with E-state index in [0.29, 0.717) is 0 Å². The topological polar surface area (TPSA) is 12.4 Å². The molecule has 0 heterocycles. The van der Waals surface area contributed by atoms with Crippen molar-refractivity contribution in [2.24, 2.45) is 4.99 Å². The Balaban J connectivity index is 0.000000165. The number of hydrogen-bond acceptors (Lipinski definition) is 1. The molecule has 0 unspecified atom stereocenters. The molecule has 0 aliphatic carbocycles. The monoisotopic (exact) mass is 275 g/mol. The van der Waals surface area contributed by atoms with Crippen LogP contribution < -0.4 is 0 Å². The third-order valence-corrected chi connectivity index (χ3v) is 2.48. The molecule has 0 atom stereocenters. The molecule has 0 aliphatic heterocycles. The number of rotatable bonds is 1. The summed E-state index contributed by atoms with van der Waals surface area (Å²) in [6.45, 7) is 5.46. The molecular formula is C14H14BrN. The summed E-state index contributed by atoms with van der Waals surface area (Å²) in [7, 11) is 0. The van der Waals surface area contributed by atoms with Gasteiger partial charge in [0.15, 0.2) is 0 Å². The van der Waals surface area contributed by atoms with Crippen molar-refractivity contribution in [3.05, 3.63) is 64.6 Å². The first kappa shape index (κ1) is 12.7. The molecule has 2 rings (SSSR count). The Morgan fingerprint density at radius 2 is 1.50 bits per heavy atom. The summed E-state index contributed by atoms with van der Waals surface area (Å²) in [5, 5.41) is 0. The fraction of sp³-hybridized carbons (Fsp3) is 0.0714. The molecular weight excluding hydrogens is 262 g/mol. The van der Waals surface area contributed by atoms with E-state index in [1.54, 1.807) is 0 Å². The second-order valence-electron chi connectivity index (χ2n) is 3.29. The molecule has 1 nitrogen and oxygen atoms in total. The van der Waals surface area contributed by atoms with Crippen molar-refractivity contribution in [2.75, 3.05) is 0 Å². The van der Waals surface area contributed by atoms with E-state index in [1.807, 2.05) is 61.5 Å². The van der Waals surface area contributed by atoms with Crippen molar-refractivity contribution in [3.63, 3.8) is 0 Å². The molecule has 0 aliphatic rings. The Labute approximate surface area is 105 Å². The second kappa shape index (κ2) is 6.96. The zero-order valence-corrected chi connectivity index (χ0v) is 10.8. The first-order chi connectivity index (χ1) is 7.72. The summed E-state index contributed by atoms with van der Waals surface area (Å²) in [5.74, 6) is 0. The molecule has 2 aromatic carbocycles. The predicted molar refractivity (Wildman–Crippen MR) is 74.5 cm³/mol. The lowest BCUT2D eigenvalue weighted by Crippen LogP contribution is -1.66. The molecule has 0 spiro atoms. The van der Waals surface area contributed by atoms with Crippen LogP contribution in [0.2, 0.25) is 0 Å². The van der Waals surface area contributed by atoms with Crippen LogP contribution in [-0.4, -0.2) is 6.72 Å². The maximum atomic E-state index is 3.76. The van der Waals surface area contributed by atoms with Gasteiger partial charge in [0, 0.05) is 4.47 Å². The van der Waals surface area contributed by atoms with Crippen LogP contribution >= 0.6 is 15.9 Å². The molecule has 0 saturated heterocycles. The van der Waals surface area contributed by atoms with E-state index >= 15 is 0 Å². The molecule has 2 heteroatoms. The fourth-order valence-electron chi connectivity index (χ4n) is 1.06. The van der Waals surface area contributed by atoms with Crippen LogP contribution in [0.15, 0.2) is 64.1 Å². The largest absolute Gasteiger partial charge is 0.265 e. The van der Waals surface area contributed by atoms with E-state index in [0.717, 1.165) is 10.2 Å². The van der Waals surface area contributed by atoms with Gasteiger partial charge in [0.25, 0.3) is 0 Å². The molecule has 0 bridgehead atoms. The SMILES string of the molecule is Brc1ccccc1.C=Nc1ccc(C)cc1. The van der Waals surface area contributed by atoms with E-state index in [9.17, 15) is 0 Å². The third kappa shape index (κ3) is 4.89. The van der Waals surface area contributed by atoms with Crippen molar-refractivity contribution < 1.29 is 0 Å². The Morgan fingerprint density at radius 3 is 1.88 bits per heavy atom. The molecule has 0 saturated carbocycles. The normalized spacial score (nSPS) is 8.88. The summed E-state index contributed by atoms with van der Waals surface area (Å²) in [6, 6.07) is 17.9. The molecule has 16 heavy (non-hydrogen) atoms. The molecule has 0 fully saturated rings. The Kier molecular flexibility index (Phi) is 5.51. The number of benzene rings is 2. The van der Waals surface area contributed by atoms with E-state index in [2.05, 4.69) is 27.6 Å². The quantitative estimate of drug-likeness (QED) is 0.665. The Morgan fingerprint density at radius 1 is 0.938 bits per heavy atom. The van der Waals surface area contributed by atoms with Crippen molar-refractivity contribution in [3.8, 4) is 0 Å². The zero-order valence-electron chi connectivity index (χ0n) is 9.23. The maximum absolute atomic E-state index is 3.76. The standard InChI is InChI=1S/C8H9N.C6H5Br/c1-7-3-5-8(9-2)6-4-7;7-6-4-2-1-3-5-6/h3-6H,2H2,1H3;1-5H. The maximum Gasteiger partial charge on any atom is 0.0622 e. The van der Waals surface area contributed by atoms with Crippen LogP contribution in [-0.2, 0) is 0 Å². The van der Waals surface area contributed by atoms with Gasteiger partial charge in [-0.2, -0.15) is 0 Å². The zero-order chi connectivity index (χ0) is 11.8. The second-order valence-corrected chi connectivity index (χ2v) is 4.20. The predicted octanol–water partition coefficient (Wildman–Crippen LogP) is 4.78. The fourth-order valence-corrected chi connectivity index (χ4v) is 1.37. The molecule has 82 valence electrons. The minimum absolute atomic E-state index is 0.931. The van der Waals surface area contributed by atoms with Crippen LogP contribution in [0.5, 0.6) is 0 Å². The number of halogens is 1. The van der Waals surface area contributed by atoms with Gasteiger partial charge >= 0.3 is 0 Å². The highest BCUT2D eigenvalue weighted by Gasteiger charge is 1.83. The molecule has 0 aromatic heterocycles. The minimum Gasteiger partial charge on any atom is -0.265 e. The number of aryl methyl sites for hydroxylation is 1. The summed E-state index contributed by atoms with van der Waals surface area (Å²) in [4.78, 5) is 3.76. The van der Waals surface area contributed by atoms with Crippen LogP contribution in [0, 0.1) is 6.92 Å². The van der Waals surface area contributed by atoms with Gasteiger partial charge < -0.3 is 0 Å². The van der Waals surface area contributed by atoms with Gasteiger partial charge in [-0.3, -0.25) is 4.99 Å². The summed E-state index contributed by atoms with van der Waals surface area (Å²) < 4.78 is 1.13. The van der Waals surface area contributed by atoms with E-state index < -0.39 is 0 Å². The lowest BCUT2D eigenvalue weighted by atomic mass is 10.2. The lowest BCUT2D eigenvalue weighted by Gasteiger charge is -1.90. The highest BCUT2D eigenvalue weighted by atomic mass is 79.9. The Bertz CT molecular complexity index is 420. The van der Waals surface area contributed by atoms with Crippen molar-refractivity contribution in [2.45, 2.75) is 6.92 Å². The number of aliphatic imine (C=N–C) groups is 1. The number of nitrogens with zero attached hydrogens (tertiary/aromatic N) is 1. The molecule has 0 N–H and O–H groups in total. The van der Waals surface area contributed by atoms with Gasteiger partial charge in [-0.1, -0.05) is 51.8 Å². The smallest absolute Gasteiger partial charge is 0.0622 e. The van der Waals surface area contributed by atoms with Crippen molar-refractivity contribution in [1.82, 2.24) is 0 Å². The van der Waals surface area contributed by atoms with E-state index in [1.165, 1.54) is 5.56 Å². The van der Waals surface area contributed by atoms with Crippen molar-refractivity contribution in [1.29, 1.82) is 0 Å². The first-order valence-electron chi connectivity index (χ1n) is 4.96. The van der Waals surface area contributed by atoms with Gasteiger partial charge in [0.1, 0.15) is 0 Å². The summed E-state index contributed by atoms with van der Waals surface area (Å²) >= 11 is 3.31. The van der Waals surface area contributed by atoms with Gasteiger partial charge in [0.2, 0.25) is 0 Å². The highest BCUT2D eigenvalue weighted by molar-refractivity contribution is 9.10. The van der Waals surface area contributed by atoms with Gasteiger partial charge in [-0.15, -0.1) is 0 Å². The third-order valence-electron chi connectivity index (χ3n) is 1.95. The van der Waals surface area contributed by atoms with Gasteiger partial charge in [-0.25, -0.2) is 0 Å². The molecule has 0 radical (unpaired) electrons. The highest BCUT2D eigenvalue weighted by Crippen LogP contribution is 2.10. The van der Waals surface area contributed by atoms with Crippen LogP contribution in [0.4, 0.5) is 5.69 Å².